The third kappa shape index (κ3) is 6.66. The van der Waals surface area contributed by atoms with Crippen molar-refractivity contribution in [3.05, 3.63) is 65.7 Å². The van der Waals surface area contributed by atoms with Crippen LogP contribution in [0.5, 0.6) is 0 Å². The van der Waals surface area contributed by atoms with Crippen molar-refractivity contribution in [2.45, 2.75) is 39.2 Å². The number of benzene rings is 2. The highest BCUT2D eigenvalue weighted by Gasteiger charge is 2.38. The minimum absolute atomic E-state index is 0.0629. The summed E-state index contributed by atoms with van der Waals surface area (Å²) in [5.74, 6) is -2.22. The van der Waals surface area contributed by atoms with E-state index in [9.17, 15) is 19.2 Å². The van der Waals surface area contributed by atoms with Crippen LogP contribution in [0.25, 0.3) is 0 Å². The predicted octanol–water partition coefficient (Wildman–Crippen LogP) is 3.73. The summed E-state index contributed by atoms with van der Waals surface area (Å²) in [4.78, 5) is 50.7. The number of hydrogen-bond donors (Lipinski definition) is 1. The molecule has 0 saturated carbocycles. The van der Waals surface area contributed by atoms with E-state index in [2.05, 4.69) is 5.32 Å². The Kier molecular flexibility index (Phi) is 8.79. The molecule has 0 aromatic heterocycles. The molecule has 2 aromatic rings. The first-order valence-electron chi connectivity index (χ1n) is 11.5. The lowest BCUT2D eigenvalue weighted by molar-refractivity contribution is -0.151. The maximum absolute atomic E-state index is 12.4. The zero-order valence-electron chi connectivity index (χ0n) is 19.5. The van der Waals surface area contributed by atoms with Gasteiger partial charge < -0.3 is 19.7 Å². The number of nitrogens with zero attached hydrogens (tertiary/aromatic N) is 1. The molecular weight excluding hydrogens is 436 g/mol. The Balaban J connectivity index is 1.44. The number of likely N-dealkylation sites (tertiary alicyclic amines) is 1. The van der Waals surface area contributed by atoms with Crippen molar-refractivity contribution in [2.75, 3.05) is 25.1 Å². The molecule has 8 heteroatoms. The van der Waals surface area contributed by atoms with Gasteiger partial charge in [0, 0.05) is 18.7 Å². The molecule has 180 valence electrons. The number of unbranched alkanes of at least 4 members (excludes halogenated alkanes) is 1. The maximum atomic E-state index is 12.4. The normalized spacial score (nSPS) is 16.1. The summed E-state index contributed by atoms with van der Waals surface area (Å²) in [5.41, 5.74) is 1.84. The monoisotopic (exact) mass is 466 g/mol. The van der Waals surface area contributed by atoms with Crippen LogP contribution in [-0.2, 0) is 23.9 Å². The van der Waals surface area contributed by atoms with E-state index in [-0.39, 0.29) is 24.9 Å². The summed E-state index contributed by atoms with van der Waals surface area (Å²) in [6, 6.07) is 15.7. The van der Waals surface area contributed by atoms with E-state index in [0.717, 1.165) is 18.4 Å². The second kappa shape index (κ2) is 12.0. The number of carbonyl (C=O) groups is 4. The van der Waals surface area contributed by atoms with Crippen LogP contribution in [0, 0.1) is 5.92 Å². The number of anilines is 1. The third-order valence-corrected chi connectivity index (χ3v) is 5.72. The van der Waals surface area contributed by atoms with Crippen LogP contribution in [0.2, 0.25) is 0 Å². The number of carbonyl (C=O) groups excluding carboxylic acids is 4. The number of rotatable bonds is 10. The number of ether oxygens (including phenoxy) is 2. The largest absolute Gasteiger partial charge is 0.462 e. The Morgan fingerprint density at radius 3 is 2.44 bits per heavy atom. The van der Waals surface area contributed by atoms with Gasteiger partial charge in [-0.05, 0) is 43.2 Å². The number of esters is 2. The lowest BCUT2D eigenvalue weighted by atomic mass is 10.1. The molecule has 1 N–H and O–H groups in total. The fourth-order valence-electron chi connectivity index (χ4n) is 3.71. The molecule has 0 bridgehead atoms. The SMILES string of the molecule is CCCCOC(=O)c1ccc(NC(=O)COC(=O)[C@@H]2CC(=O)N([C@H](C)c3ccccc3)C2)cc1. The van der Waals surface area contributed by atoms with Gasteiger partial charge in [-0.2, -0.15) is 0 Å². The van der Waals surface area contributed by atoms with E-state index in [1.54, 1.807) is 29.2 Å². The molecule has 0 radical (unpaired) electrons. The summed E-state index contributed by atoms with van der Waals surface area (Å²) in [6.45, 7) is 4.10. The number of amides is 2. The third-order valence-electron chi connectivity index (χ3n) is 5.72. The topological polar surface area (TPSA) is 102 Å². The summed E-state index contributed by atoms with van der Waals surface area (Å²) < 4.78 is 10.3. The number of nitrogens with one attached hydrogen (secondary N) is 1. The van der Waals surface area contributed by atoms with Gasteiger partial charge in [-0.25, -0.2) is 4.79 Å². The molecule has 1 aliphatic heterocycles. The molecule has 0 spiro atoms. The fourth-order valence-corrected chi connectivity index (χ4v) is 3.71. The van der Waals surface area contributed by atoms with Gasteiger partial charge in [-0.15, -0.1) is 0 Å². The Bertz CT molecular complexity index is 1010. The Morgan fingerprint density at radius 1 is 1.06 bits per heavy atom. The van der Waals surface area contributed by atoms with Gasteiger partial charge >= 0.3 is 11.9 Å². The molecule has 1 heterocycles. The zero-order chi connectivity index (χ0) is 24.5. The molecule has 2 atom stereocenters. The summed E-state index contributed by atoms with van der Waals surface area (Å²) in [7, 11) is 0. The Hall–Kier alpha value is -3.68. The van der Waals surface area contributed by atoms with Crippen LogP contribution >= 0.6 is 0 Å². The van der Waals surface area contributed by atoms with E-state index >= 15 is 0 Å². The number of hydrogen-bond acceptors (Lipinski definition) is 6. The fraction of sp³-hybridized carbons (Fsp3) is 0.385. The highest BCUT2D eigenvalue weighted by Crippen LogP contribution is 2.29. The van der Waals surface area contributed by atoms with Crippen molar-refractivity contribution in [3.63, 3.8) is 0 Å². The molecule has 34 heavy (non-hydrogen) atoms. The van der Waals surface area contributed by atoms with Crippen LogP contribution < -0.4 is 5.32 Å². The van der Waals surface area contributed by atoms with Crippen LogP contribution in [0.3, 0.4) is 0 Å². The molecule has 1 aliphatic rings. The molecule has 0 aliphatic carbocycles. The van der Waals surface area contributed by atoms with E-state index in [0.29, 0.717) is 17.9 Å². The van der Waals surface area contributed by atoms with Crippen molar-refractivity contribution in [1.29, 1.82) is 0 Å². The molecular formula is C26H30N2O6. The first kappa shape index (κ1) is 25.0. The highest BCUT2D eigenvalue weighted by atomic mass is 16.5. The van der Waals surface area contributed by atoms with Crippen molar-refractivity contribution in [3.8, 4) is 0 Å². The van der Waals surface area contributed by atoms with Gasteiger partial charge in [0.15, 0.2) is 6.61 Å². The van der Waals surface area contributed by atoms with E-state index in [1.807, 2.05) is 44.2 Å². The minimum Gasteiger partial charge on any atom is -0.462 e. The zero-order valence-corrected chi connectivity index (χ0v) is 19.5. The van der Waals surface area contributed by atoms with Gasteiger partial charge in [-0.3, -0.25) is 14.4 Å². The van der Waals surface area contributed by atoms with E-state index < -0.39 is 30.4 Å². The van der Waals surface area contributed by atoms with Crippen LogP contribution in [0.1, 0.15) is 55.1 Å². The van der Waals surface area contributed by atoms with Crippen LogP contribution in [0.15, 0.2) is 54.6 Å². The molecule has 2 amide bonds. The predicted molar refractivity (Wildman–Crippen MR) is 126 cm³/mol. The Morgan fingerprint density at radius 2 is 1.76 bits per heavy atom. The first-order valence-corrected chi connectivity index (χ1v) is 11.5. The molecule has 0 unspecified atom stereocenters. The van der Waals surface area contributed by atoms with Crippen molar-refractivity contribution >= 4 is 29.4 Å². The molecule has 3 rings (SSSR count). The maximum Gasteiger partial charge on any atom is 0.338 e. The quantitative estimate of drug-likeness (QED) is 0.423. The average Bonchev–Trinajstić information content (AvgIpc) is 3.24. The lowest BCUT2D eigenvalue weighted by Gasteiger charge is -2.25. The Labute approximate surface area is 199 Å². The standard InChI is InChI=1S/C26H30N2O6/c1-3-4-14-33-25(31)20-10-12-22(13-11-20)27-23(29)17-34-26(32)21-15-24(30)28(16-21)18(2)19-8-6-5-7-9-19/h5-13,18,21H,3-4,14-17H2,1-2H3,(H,27,29)/t18-,21-/m1/s1. The van der Waals surface area contributed by atoms with Crippen molar-refractivity contribution in [2.24, 2.45) is 5.92 Å². The highest BCUT2D eigenvalue weighted by molar-refractivity contribution is 5.95. The summed E-state index contributed by atoms with van der Waals surface area (Å²) in [5, 5.41) is 2.62. The molecule has 1 saturated heterocycles. The summed E-state index contributed by atoms with van der Waals surface area (Å²) >= 11 is 0. The second-order valence-corrected chi connectivity index (χ2v) is 8.26. The van der Waals surface area contributed by atoms with Gasteiger partial charge in [0.2, 0.25) is 5.91 Å². The van der Waals surface area contributed by atoms with E-state index in [1.165, 1.54) is 0 Å². The molecule has 2 aromatic carbocycles. The van der Waals surface area contributed by atoms with Crippen LogP contribution in [0.4, 0.5) is 5.69 Å². The van der Waals surface area contributed by atoms with Gasteiger partial charge in [0.05, 0.1) is 24.1 Å². The smallest absolute Gasteiger partial charge is 0.338 e. The molecule has 8 nitrogen and oxygen atoms in total. The van der Waals surface area contributed by atoms with Gasteiger partial charge in [0.25, 0.3) is 5.91 Å². The average molecular weight is 467 g/mol. The lowest BCUT2D eigenvalue weighted by Crippen LogP contribution is -2.30. The van der Waals surface area contributed by atoms with Gasteiger partial charge in [0.1, 0.15) is 0 Å². The van der Waals surface area contributed by atoms with Crippen molar-refractivity contribution < 1.29 is 28.7 Å². The van der Waals surface area contributed by atoms with E-state index in [4.69, 9.17) is 9.47 Å². The molecule has 1 fully saturated rings. The van der Waals surface area contributed by atoms with Crippen molar-refractivity contribution in [1.82, 2.24) is 4.90 Å². The second-order valence-electron chi connectivity index (χ2n) is 8.26. The minimum atomic E-state index is -0.607. The summed E-state index contributed by atoms with van der Waals surface area (Å²) in [6.07, 6.45) is 1.80. The van der Waals surface area contributed by atoms with Gasteiger partial charge in [-0.1, -0.05) is 43.7 Å². The first-order chi connectivity index (χ1) is 16.4. The van der Waals surface area contributed by atoms with Crippen LogP contribution in [-0.4, -0.2) is 48.4 Å².